The highest BCUT2D eigenvalue weighted by Crippen LogP contribution is 2.28. The third-order valence-electron chi connectivity index (χ3n) is 6.58. The third kappa shape index (κ3) is 4.26. The lowest BCUT2D eigenvalue weighted by molar-refractivity contribution is -0.136. The van der Waals surface area contributed by atoms with E-state index in [1.165, 1.54) is 0 Å². The van der Waals surface area contributed by atoms with Gasteiger partial charge in [0.1, 0.15) is 6.04 Å². The minimum Gasteiger partial charge on any atom is -0.389 e. The Hall–Kier alpha value is -2.29. The van der Waals surface area contributed by atoms with Crippen molar-refractivity contribution in [1.82, 2.24) is 20.9 Å². The number of carbonyl (C=O) groups is 3. The zero-order valence-corrected chi connectivity index (χ0v) is 17.4. The maximum Gasteiger partial charge on any atom is 0.255 e. The predicted octanol–water partition coefficient (Wildman–Crippen LogP) is 0.288. The average Bonchev–Trinajstić information content (AvgIpc) is 3.04. The van der Waals surface area contributed by atoms with Crippen LogP contribution in [0.4, 0.5) is 0 Å². The van der Waals surface area contributed by atoms with Gasteiger partial charge in [0.15, 0.2) is 0 Å². The number of imide groups is 1. The van der Waals surface area contributed by atoms with E-state index in [1.54, 1.807) is 4.90 Å². The number of piperidine rings is 2. The van der Waals surface area contributed by atoms with E-state index < -0.39 is 17.6 Å². The Labute approximate surface area is 176 Å². The van der Waals surface area contributed by atoms with Crippen molar-refractivity contribution in [2.75, 3.05) is 19.6 Å². The maximum absolute atomic E-state index is 12.8. The van der Waals surface area contributed by atoms with Crippen molar-refractivity contribution in [3.8, 4) is 0 Å². The zero-order chi connectivity index (χ0) is 21.3. The number of carbonyl (C=O) groups excluding carboxylic acids is 3. The first-order valence-electron chi connectivity index (χ1n) is 10.8. The van der Waals surface area contributed by atoms with Gasteiger partial charge in [-0.05, 0) is 49.9 Å². The third-order valence-corrected chi connectivity index (χ3v) is 6.58. The van der Waals surface area contributed by atoms with Gasteiger partial charge in [-0.1, -0.05) is 12.1 Å². The Balaban J connectivity index is 1.36. The monoisotopic (exact) mass is 414 g/mol. The van der Waals surface area contributed by atoms with Crippen LogP contribution in [0.1, 0.15) is 54.1 Å². The summed E-state index contributed by atoms with van der Waals surface area (Å²) in [5.74, 6) is -0.604. The molecule has 0 aromatic heterocycles. The summed E-state index contributed by atoms with van der Waals surface area (Å²) in [5, 5.41) is 19.8. The number of nitrogens with one attached hydrogen (secondary N) is 3. The largest absolute Gasteiger partial charge is 0.389 e. The van der Waals surface area contributed by atoms with Crippen molar-refractivity contribution in [3.05, 3.63) is 34.9 Å². The molecule has 3 atom stereocenters. The number of rotatable bonds is 6. The molecule has 3 aliphatic heterocycles. The van der Waals surface area contributed by atoms with Crippen LogP contribution in [0.15, 0.2) is 18.2 Å². The first-order chi connectivity index (χ1) is 14.3. The van der Waals surface area contributed by atoms with Crippen LogP contribution in [0.3, 0.4) is 0 Å². The van der Waals surface area contributed by atoms with Crippen LogP contribution in [0.25, 0.3) is 0 Å². The molecule has 3 aliphatic rings. The van der Waals surface area contributed by atoms with Gasteiger partial charge < -0.3 is 20.6 Å². The average molecular weight is 415 g/mol. The van der Waals surface area contributed by atoms with E-state index in [4.69, 9.17) is 0 Å². The van der Waals surface area contributed by atoms with Gasteiger partial charge >= 0.3 is 0 Å². The van der Waals surface area contributed by atoms with E-state index in [-0.39, 0.29) is 24.2 Å². The van der Waals surface area contributed by atoms with Crippen molar-refractivity contribution in [2.45, 2.75) is 57.3 Å². The molecule has 2 saturated heterocycles. The number of benzene rings is 1. The molecule has 3 amide bonds. The summed E-state index contributed by atoms with van der Waals surface area (Å²) in [6, 6.07) is 5.12. The molecule has 0 spiro atoms. The molecule has 8 heteroatoms. The molecular formula is C22H30N4O4. The van der Waals surface area contributed by atoms with Crippen LogP contribution >= 0.6 is 0 Å². The molecule has 3 unspecified atom stereocenters. The van der Waals surface area contributed by atoms with Gasteiger partial charge in [-0.25, -0.2) is 0 Å². The topological polar surface area (TPSA) is 111 Å². The summed E-state index contributed by atoms with van der Waals surface area (Å²) in [6.45, 7) is 5.21. The molecule has 1 aromatic rings. The second-order valence-electron chi connectivity index (χ2n) is 8.90. The predicted molar refractivity (Wildman–Crippen MR) is 110 cm³/mol. The maximum atomic E-state index is 12.8. The normalized spacial score (nSPS) is 26.3. The molecule has 4 N–H and O–H groups in total. The van der Waals surface area contributed by atoms with Gasteiger partial charge in [0.05, 0.1) is 5.60 Å². The summed E-state index contributed by atoms with van der Waals surface area (Å²) < 4.78 is 0. The Morgan fingerprint density at radius 3 is 2.83 bits per heavy atom. The van der Waals surface area contributed by atoms with Gasteiger partial charge in [0, 0.05) is 44.1 Å². The fraction of sp³-hybridized carbons (Fsp3) is 0.591. The second kappa shape index (κ2) is 8.45. The number of fused-ring (bicyclic) bond motifs is 1. The van der Waals surface area contributed by atoms with E-state index in [0.717, 1.165) is 37.1 Å². The lowest BCUT2D eigenvalue weighted by Crippen LogP contribution is -2.52. The van der Waals surface area contributed by atoms with Crippen molar-refractivity contribution in [1.29, 1.82) is 0 Å². The quantitative estimate of drug-likeness (QED) is 0.498. The lowest BCUT2D eigenvalue weighted by atomic mass is 9.83. The van der Waals surface area contributed by atoms with Crippen LogP contribution in [-0.4, -0.2) is 59.0 Å². The number of hydrogen-bond donors (Lipinski definition) is 4. The van der Waals surface area contributed by atoms with Gasteiger partial charge in [-0.3, -0.25) is 19.7 Å². The molecule has 162 valence electrons. The highest BCUT2D eigenvalue weighted by molar-refractivity contribution is 6.05. The number of nitrogens with zero attached hydrogens (tertiary/aromatic N) is 1. The fourth-order valence-corrected chi connectivity index (χ4v) is 4.72. The van der Waals surface area contributed by atoms with Crippen molar-refractivity contribution >= 4 is 17.7 Å². The lowest BCUT2D eigenvalue weighted by Gasteiger charge is -2.36. The van der Waals surface area contributed by atoms with Gasteiger partial charge in [0.2, 0.25) is 11.8 Å². The summed E-state index contributed by atoms with van der Waals surface area (Å²) in [4.78, 5) is 37.9. The van der Waals surface area contributed by atoms with Gasteiger partial charge in [-0.15, -0.1) is 0 Å². The molecule has 3 heterocycles. The molecule has 2 fully saturated rings. The van der Waals surface area contributed by atoms with Crippen LogP contribution in [0, 0.1) is 5.92 Å². The van der Waals surface area contributed by atoms with Gasteiger partial charge in [0.25, 0.3) is 5.91 Å². The fourth-order valence-electron chi connectivity index (χ4n) is 4.72. The van der Waals surface area contributed by atoms with Gasteiger partial charge in [-0.2, -0.15) is 0 Å². The number of aliphatic hydroxyl groups is 1. The molecule has 0 bridgehead atoms. The van der Waals surface area contributed by atoms with E-state index in [9.17, 15) is 19.5 Å². The highest BCUT2D eigenvalue weighted by atomic mass is 16.3. The minimum absolute atomic E-state index is 0.160. The second-order valence-corrected chi connectivity index (χ2v) is 8.90. The summed E-state index contributed by atoms with van der Waals surface area (Å²) in [5.41, 5.74) is 1.77. The molecule has 0 radical (unpaired) electrons. The van der Waals surface area contributed by atoms with Crippen molar-refractivity contribution in [2.24, 2.45) is 5.92 Å². The van der Waals surface area contributed by atoms with Crippen molar-refractivity contribution < 1.29 is 19.5 Å². The number of hydrogen-bond acceptors (Lipinski definition) is 6. The summed E-state index contributed by atoms with van der Waals surface area (Å²) in [7, 11) is 0. The molecule has 1 aromatic carbocycles. The Bertz CT molecular complexity index is 848. The van der Waals surface area contributed by atoms with E-state index >= 15 is 0 Å². The van der Waals surface area contributed by atoms with E-state index in [1.807, 2.05) is 25.1 Å². The van der Waals surface area contributed by atoms with Crippen LogP contribution in [0.5, 0.6) is 0 Å². The molecule has 8 nitrogen and oxygen atoms in total. The first-order valence-corrected chi connectivity index (χ1v) is 10.8. The van der Waals surface area contributed by atoms with Crippen LogP contribution < -0.4 is 16.0 Å². The van der Waals surface area contributed by atoms with E-state index in [0.29, 0.717) is 31.6 Å². The Kier molecular flexibility index (Phi) is 5.90. The summed E-state index contributed by atoms with van der Waals surface area (Å²) >= 11 is 0. The number of amides is 3. The Morgan fingerprint density at radius 2 is 2.10 bits per heavy atom. The molecular weight excluding hydrogens is 384 g/mol. The first kappa shape index (κ1) is 21.0. The highest BCUT2D eigenvalue weighted by Gasteiger charge is 2.39. The van der Waals surface area contributed by atoms with E-state index in [2.05, 4.69) is 16.0 Å². The van der Waals surface area contributed by atoms with Crippen molar-refractivity contribution in [3.63, 3.8) is 0 Å². The SMILES string of the molecule is CC(O)(CNCc1ccc2c(c1)CN(C1CCC(=O)NC1=O)C2=O)C1CCCNC1. The smallest absolute Gasteiger partial charge is 0.255 e. The van der Waals surface area contributed by atoms with Crippen LogP contribution in [0.2, 0.25) is 0 Å². The molecule has 0 saturated carbocycles. The zero-order valence-electron chi connectivity index (χ0n) is 17.4. The standard InChI is InChI=1S/C22H30N4O4/c1-22(30,16-3-2-8-23-11-16)13-24-10-14-4-5-17-15(9-14)12-26(21(17)29)18-6-7-19(27)25-20(18)28/h4-5,9,16,18,23-24,30H,2-3,6-8,10-13H2,1H3,(H,25,27,28). The minimum atomic E-state index is -0.775. The Morgan fingerprint density at radius 1 is 1.27 bits per heavy atom. The molecule has 4 rings (SSSR count). The molecule has 30 heavy (non-hydrogen) atoms. The summed E-state index contributed by atoms with van der Waals surface area (Å²) in [6.07, 6.45) is 2.73. The molecule has 0 aliphatic carbocycles. The van der Waals surface area contributed by atoms with Crippen LogP contribution in [-0.2, 0) is 22.7 Å².